The summed E-state index contributed by atoms with van der Waals surface area (Å²) >= 11 is 0. The van der Waals surface area contributed by atoms with E-state index in [2.05, 4.69) is 10.5 Å². The first-order valence-corrected chi connectivity index (χ1v) is 6.20. The summed E-state index contributed by atoms with van der Waals surface area (Å²) in [5.74, 6) is -2.89. The number of nitrogens with two attached hydrogens (primary N) is 1. The number of amidine groups is 1. The summed E-state index contributed by atoms with van der Waals surface area (Å²) in [6.45, 7) is 0.131. The van der Waals surface area contributed by atoms with Gasteiger partial charge >= 0.3 is 6.18 Å². The molecule has 21 heavy (non-hydrogen) atoms. The van der Waals surface area contributed by atoms with E-state index in [4.69, 9.17) is 15.7 Å². The number of rotatable bonds is 7. The van der Waals surface area contributed by atoms with Crippen LogP contribution in [0, 0.1) is 5.92 Å². The largest absolute Gasteiger partial charge is 0.409 e. The summed E-state index contributed by atoms with van der Waals surface area (Å²) in [6, 6.07) is 7.26. The molecule has 1 aromatic rings. The van der Waals surface area contributed by atoms with E-state index in [9.17, 15) is 13.2 Å². The highest BCUT2D eigenvalue weighted by Crippen LogP contribution is 2.26. The molecular weight excluding hydrogens is 287 g/mol. The van der Waals surface area contributed by atoms with Crippen molar-refractivity contribution in [1.29, 1.82) is 0 Å². The Morgan fingerprint density at radius 3 is 2.52 bits per heavy atom. The highest BCUT2D eigenvalue weighted by atomic mass is 19.4. The first-order chi connectivity index (χ1) is 9.90. The molecule has 1 atom stereocenters. The van der Waals surface area contributed by atoms with Crippen molar-refractivity contribution in [1.82, 2.24) is 5.32 Å². The average Bonchev–Trinajstić information content (AvgIpc) is 2.43. The number of nitrogens with one attached hydrogen (secondary N) is 1. The fraction of sp³-hybridized carbons (Fsp3) is 0.462. The molecule has 0 aromatic heterocycles. The number of ether oxygens (including phenoxy) is 1. The smallest absolute Gasteiger partial charge is 0.400 e. The minimum absolute atomic E-state index is 0.227. The number of benzene rings is 1. The summed E-state index contributed by atoms with van der Waals surface area (Å²) in [5.41, 5.74) is 6.80. The predicted octanol–water partition coefficient (Wildman–Crippen LogP) is 1.85. The lowest BCUT2D eigenvalue weighted by atomic mass is 10.1. The molecule has 4 N–H and O–H groups in total. The Hall–Kier alpha value is -1.80. The maximum absolute atomic E-state index is 12.8. The van der Waals surface area contributed by atoms with Crippen LogP contribution in [0.2, 0.25) is 0 Å². The van der Waals surface area contributed by atoms with Gasteiger partial charge in [-0.1, -0.05) is 29.4 Å². The van der Waals surface area contributed by atoms with Gasteiger partial charge in [0.2, 0.25) is 0 Å². The topological polar surface area (TPSA) is 79.9 Å². The van der Waals surface area contributed by atoms with Gasteiger partial charge in [-0.15, -0.1) is 0 Å². The van der Waals surface area contributed by atoms with Crippen molar-refractivity contribution in [3.63, 3.8) is 0 Å². The lowest BCUT2D eigenvalue weighted by Gasteiger charge is -2.19. The summed E-state index contributed by atoms with van der Waals surface area (Å²) in [6.07, 6.45) is -4.57. The molecule has 0 heterocycles. The first kappa shape index (κ1) is 17.3. The summed E-state index contributed by atoms with van der Waals surface area (Å²) in [4.78, 5) is 0. The fourth-order valence-electron chi connectivity index (χ4n) is 1.84. The quantitative estimate of drug-likeness (QED) is 0.311. The number of oxime groups is 1. The van der Waals surface area contributed by atoms with Gasteiger partial charge in [0.05, 0.1) is 6.61 Å². The summed E-state index contributed by atoms with van der Waals surface area (Å²) in [7, 11) is 1.54. The second-order valence-electron chi connectivity index (χ2n) is 4.45. The first-order valence-electron chi connectivity index (χ1n) is 6.20. The van der Waals surface area contributed by atoms with E-state index < -0.39 is 24.5 Å². The second kappa shape index (κ2) is 7.84. The number of halogens is 3. The summed E-state index contributed by atoms with van der Waals surface area (Å²) in [5, 5.41) is 13.5. The molecule has 1 aromatic carbocycles. The monoisotopic (exact) mass is 305 g/mol. The van der Waals surface area contributed by atoms with Gasteiger partial charge in [-0.05, 0) is 11.1 Å². The highest BCUT2D eigenvalue weighted by molar-refractivity contribution is 5.83. The normalized spacial score (nSPS) is 14.2. The van der Waals surface area contributed by atoms with Crippen molar-refractivity contribution >= 4 is 5.84 Å². The minimum atomic E-state index is -4.57. The molecule has 0 aliphatic heterocycles. The Kier molecular flexibility index (Phi) is 6.44. The molecule has 0 fully saturated rings. The maximum atomic E-state index is 12.8. The lowest BCUT2D eigenvalue weighted by Crippen LogP contribution is -2.42. The van der Waals surface area contributed by atoms with Crippen molar-refractivity contribution < 1.29 is 23.1 Å². The molecule has 0 saturated heterocycles. The Morgan fingerprint density at radius 2 is 2.00 bits per heavy atom. The van der Waals surface area contributed by atoms with Crippen LogP contribution in [0.15, 0.2) is 29.4 Å². The van der Waals surface area contributed by atoms with Crippen LogP contribution in [-0.4, -0.2) is 30.9 Å². The predicted molar refractivity (Wildman–Crippen MR) is 71.8 cm³/mol. The van der Waals surface area contributed by atoms with E-state index in [1.54, 1.807) is 19.2 Å². The molecule has 1 rings (SSSR count). The Morgan fingerprint density at radius 1 is 1.38 bits per heavy atom. The molecule has 0 spiro atoms. The van der Waals surface area contributed by atoms with Gasteiger partial charge in [0, 0.05) is 20.2 Å². The third-order valence-corrected chi connectivity index (χ3v) is 2.95. The molecule has 0 saturated carbocycles. The van der Waals surface area contributed by atoms with E-state index in [1.165, 1.54) is 0 Å². The van der Waals surface area contributed by atoms with Gasteiger partial charge in [-0.3, -0.25) is 0 Å². The zero-order chi connectivity index (χ0) is 15.9. The zero-order valence-electron chi connectivity index (χ0n) is 11.5. The number of hydrogen-bond donors (Lipinski definition) is 3. The number of alkyl halides is 3. The van der Waals surface area contributed by atoms with E-state index in [0.29, 0.717) is 6.61 Å². The van der Waals surface area contributed by atoms with Crippen molar-refractivity contribution in [3.8, 4) is 0 Å². The highest BCUT2D eigenvalue weighted by Gasteiger charge is 2.42. The molecule has 8 heteroatoms. The van der Waals surface area contributed by atoms with Crippen molar-refractivity contribution in [2.45, 2.75) is 19.3 Å². The van der Waals surface area contributed by atoms with E-state index in [0.717, 1.165) is 11.1 Å². The van der Waals surface area contributed by atoms with E-state index in [1.807, 2.05) is 12.1 Å². The van der Waals surface area contributed by atoms with Crippen LogP contribution in [0.3, 0.4) is 0 Å². The molecule has 1 unspecified atom stereocenters. The van der Waals surface area contributed by atoms with Crippen LogP contribution in [-0.2, 0) is 17.9 Å². The number of nitrogens with zero attached hydrogens (tertiary/aromatic N) is 1. The Balaban J connectivity index is 2.67. The van der Waals surface area contributed by atoms with Crippen LogP contribution in [0.1, 0.15) is 11.1 Å². The van der Waals surface area contributed by atoms with Gasteiger partial charge in [0.1, 0.15) is 5.92 Å². The second-order valence-corrected chi connectivity index (χ2v) is 4.45. The summed E-state index contributed by atoms with van der Waals surface area (Å²) < 4.78 is 43.3. The average molecular weight is 305 g/mol. The molecule has 0 amide bonds. The van der Waals surface area contributed by atoms with Crippen molar-refractivity contribution in [2.24, 2.45) is 16.8 Å². The van der Waals surface area contributed by atoms with E-state index in [-0.39, 0.29) is 6.54 Å². The maximum Gasteiger partial charge on any atom is 0.400 e. The Labute approximate surface area is 120 Å². The molecule has 0 aliphatic rings. The van der Waals surface area contributed by atoms with Gasteiger partial charge < -0.3 is 21.0 Å². The van der Waals surface area contributed by atoms with Crippen LogP contribution in [0.4, 0.5) is 13.2 Å². The van der Waals surface area contributed by atoms with Gasteiger partial charge in [-0.25, -0.2) is 0 Å². The molecule has 0 radical (unpaired) electrons. The van der Waals surface area contributed by atoms with Gasteiger partial charge in [0.15, 0.2) is 5.84 Å². The molecule has 5 nitrogen and oxygen atoms in total. The number of hydrogen-bond acceptors (Lipinski definition) is 4. The third-order valence-electron chi connectivity index (χ3n) is 2.95. The fourth-order valence-corrected chi connectivity index (χ4v) is 1.84. The minimum Gasteiger partial charge on any atom is -0.409 e. The third kappa shape index (κ3) is 5.24. The van der Waals surface area contributed by atoms with Crippen LogP contribution < -0.4 is 11.1 Å². The van der Waals surface area contributed by atoms with Gasteiger partial charge in [-0.2, -0.15) is 13.2 Å². The molecule has 118 valence electrons. The molecular formula is C13H18F3N3O2. The Bertz CT molecular complexity index is 478. The van der Waals surface area contributed by atoms with Gasteiger partial charge in [0.25, 0.3) is 0 Å². The van der Waals surface area contributed by atoms with E-state index >= 15 is 0 Å². The van der Waals surface area contributed by atoms with Crippen molar-refractivity contribution in [3.05, 3.63) is 35.4 Å². The van der Waals surface area contributed by atoms with Crippen LogP contribution in [0.5, 0.6) is 0 Å². The lowest BCUT2D eigenvalue weighted by molar-refractivity contribution is -0.154. The zero-order valence-corrected chi connectivity index (χ0v) is 11.5. The SMILES string of the molecule is COCc1ccccc1CNCC(/C(N)=N/O)C(F)(F)F. The van der Waals surface area contributed by atoms with Crippen molar-refractivity contribution in [2.75, 3.05) is 13.7 Å². The molecule has 0 aliphatic carbocycles. The van der Waals surface area contributed by atoms with Crippen LogP contribution >= 0.6 is 0 Å². The van der Waals surface area contributed by atoms with Crippen LogP contribution in [0.25, 0.3) is 0 Å². The standard InChI is InChI=1S/C13H18F3N3O2/c1-21-8-10-5-3-2-4-9(10)6-18-7-11(12(17)19-20)13(14,15)16/h2-5,11,18,20H,6-8H2,1H3,(H2,17,19). The number of methoxy groups -OCH3 is 1. The molecule has 0 bridgehead atoms.